The zero-order chi connectivity index (χ0) is 14.7. The van der Waals surface area contributed by atoms with Gasteiger partial charge in [-0.25, -0.2) is 0 Å². The average Bonchev–Trinajstić information content (AvgIpc) is 3.01. The van der Waals surface area contributed by atoms with Gasteiger partial charge in [-0.3, -0.25) is 0 Å². The third-order valence-electron chi connectivity index (χ3n) is 4.84. The highest BCUT2D eigenvalue weighted by Gasteiger charge is 2.25. The van der Waals surface area contributed by atoms with E-state index in [1.165, 1.54) is 24.8 Å². The Hall–Kier alpha value is -1.54. The van der Waals surface area contributed by atoms with Gasteiger partial charge in [0, 0.05) is 18.0 Å². The summed E-state index contributed by atoms with van der Waals surface area (Å²) in [4.78, 5) is 0. The molecule has 2 aromatic rings. The predicted molar refractivity (Wildman–Crippen MR) is 86.6 cm³/mol. The Kier molecular flexibility index (Phi) is 4.45. The Morgan fingerprint density at radius 2 is 2.14 bits per heavy atom. The van der Waals surface area contributed by atoms with E-state index in [0.29, 0.717) is 12.0 Å². The molecule has 2 nitrogen and oxygen atoms in total. The van der Waals surface area contributed by atoms with Crippen LogP contribution in [-0.4, -0.2) is 7.05 Å². The van der Waals surface area contributed by atoms with Crippen molar-refractivity contribution < 1.29 is 4.42 Å². The van der Waals surface area contributed by atoms with Gasteiger partial charge in [-0.1, -0.05) is 31.2 Å². The van der Waals surface area contributed by atoms with Gasteiger partial charge in [0.05, 0.1) is 6.26 Å². The molecule has 2 unspecified atom stereocenters. The Balaban J connectivity index is 1.82. The number of aryl methyl sites for hydroxylation is 2. The van der Waals surface area contributed by atoms with E-state index in [2.05, 4.69) is 49.6 Å². The van der Waals surface area contributed by atoms with Crippen LogP contribution >= 0.6 is 0 Å². The molecule has 112 valence electrons. The summed E-state index contributed by atoms with van der Waals surface area (Å²) in [5.41, 5.74) is 4.44. The number of hydrogen-bond donors (Lipinski definition) is 1. The lowest BCUT2D eigenvalue weighted by Gasteiger charge is -2.29. The molecule has 1 aromatic carbocycles. The first-order valence-corrected chi connectivity index (χ1v) is 8.14. The first kappa shape index (κ1) is 14.4. The summed E-state index contributed by atoms with van der Waals surface area (Å²) >= 11 is 0. The SMILES string of the molecule is CCc1occc1C(CC1CCCc2ccccc21)NC. The lowest BCUT2D eigenvalue weighted by Crippen LogP contribution is -2.21. The Morgan fingerprint density at radius 3 is 2.95 bits per heavy atom. The second-order valence-electron chi connectivity index (χ2n) is 6.02. The van der Waals surface area contributed by atoms with Crippen LogP contribution < -0.4 is 5.32 Å². The van der Waals surface area contributed by atoms with Crippen molar-refractivity contribution in [1.29, 1.82) is 0 Å². The van der Waals surface area contributed by atoms with Crippen LogP contribution in [0.5, 0.6) is 0 Å². The van der Waals surface area contributed by atoms with E-state index in [0.717, 1.165) is 18.6 Å². The van der Waals surface area contributed by atoms with E-state index in [-0.39, 0.29) is 0 Å². The minimum atomic E-state index is 0.384. The number of benzene rings is 1. The van der Waals surface area contributed by atoms with Crippen molar-refractivity contribution in [1.82, 2.24) is 5.32 Å². The van der Waals surface area contributed by atoms with Crippen LogP contribution in [0, 0.1) is 0 Å². The van der Waals surface area contributed by atoms with Crippen LogP contribution in [0.4, 0.5) is 0 Å². The van der Waals surface area contributed by atoms with Gasteiger partial charge in [0.15, 0.2) is 0 Å². The number of hydrogen-bond acceptors (Lipinski definition) is 2. The highest BCUT2D eigenvalue weighted by atomic mass is 16.3. The topological polar surface area (TPSA) is 25.2 Å². The molecule has 0 spiro atoms. The Morgan fingerprint density at radius 1 is 1.29 bits per heavy atom. The molecule has 21 heavy (non-hydrogen) atoms. The lowest BCUT2D eigenvalue weighted by molar-refractivity contribution is 0.429. The maximum absolute atomic E-state index is 5.62. The van der Waals surface area contributed by atoms with Gasteiger partial charge in [-0.15, -0.1) is 0 Å². The van der Waals surface area contributed by atoms with Gasteiger partial charge in [0.2, 0.25) is 0 Å². The van der Waals surface area contributed by atoms with Crippen LogP contribution in [0.2, 0.25) is 0 Å². The quantitative estimate of drug-likeness (QED) is 0.866. The molecule has 0 saturated heterocycles. The maximum atomic E-state index is 5.62. The normalized spacial score (nSPS) is 19.2. The molecule has 2 atom stereocenters. The van der Waals surface area contributed by atoms with E-state index in [9.17, 15) is 0 Å². The average molecular weight is 283 g/mol. The third kappa shape index (κ3) is 2.91. The van der Waals surface area contributed by atoms with Gasteiger partial charge in [-0.05, 0) is 55.8 Å². The minimum Gasteiger partial charge on any atom is -0.469 e. The fourth-order valence-corrected chi connectivity index (χ4v) is 3.73. The molecular formula is C19H25NO. The molecule has 0 amide bonds. The smallest absolute Gasteiger partial charge is 0.108 e. The second-order valence-corrected chi connectivity index (χ2v) is 6.02. The molecule has 0 radical (unpaired) electrons. The summed E-state index contributed by atoms with van der Waals surface area (Å²) in [6.07, 6.45) is 7.79. The van der Waals surface area contributed by atoms with Crippen molar-refractivity contribution in [2.24, 2.45) is 0 Å². The molecule has 0 aliphatic heterocycles. The van der Waals surface area contributed by atoms with Crippen molar-refractivity contribution in [3.05, 3.63) is 59.0 Å². The molecule has 1 aromatic heterocycles. The van der Waals surface area contributed by atoms with E-state index in [4.69, 9.17) is 4.42 Å². The van der Waals surface area contributed by atoms with E-state index >= 15 is 0 Å². The van der Waals surface area contributed by atoms with Gasteiger partial charge < -0.3 is 9.73 Å². The third-order valence-corrected chi connectivity index (χ3v) is 4.84. The van der Waals surface area contributed by atoms with E-state index in [1.807, 2.05) is 6.26 Å². The predicted octanol–water partition coefficient (Wildman–Crippen LogP) is 4.61. The molecule has 0 saturated carbocycles. The van der Waals surface area contributed by atoms with Gasteiger partial charge in [0.1, 0.15) is 5.76 Å². The van der Waals surface area contributed by atoms with E-state index in [1.54, 1.807) is 11.1 Å². The molecule has 1 heterocycles. The summed E-state index contributed by atoms with van der Waals surface area (Å²) < 4.78 is 5.62. The van der Waals surface area contributed by atoms with Gasteiger partial charge in [-0.2, -0.15) is 0 Å². The molecule has 0 fully saturated rings. The number of furan rings is 1. The Bertz CT molecular complexity index is 587. The summed E-state index contributed by atoms with van der Waals surface area (Å²) in [7, 11) is 2.06. The molecule has 2 heteroatoms. The fraction of sp³-hybridized carbons (Fsp3) is 0.474. The summed E-state index contributed by atoms with van der Waals surface area (Å²) in [6, 6.07) is 11.5. The molecular weight excluding hydrogens is 258 g/mol. The zero-order valence-electron chi connectivity index (χ0n) is 13.1. The minimum absolute atomic E-state index is 0.384. The maximum Gasteiger partial charge on any atom is 0.108 e. The number of nitrogens with one attached hydrogen (secondary N) is 1. The van der Waals surface area contributed by atoms with Crippen LogP contribution in [0.1, 0.15) is 60.6 Å². The Labute approximate surface area is 127 Å². The number of fused-ring (bicyclic) bond motifs is 1. The van der Waals surface area contributed by atoms with Crippen molar-refractivity contribution >= 4 is 0 Å². The van der Waals surface area contributed by atoms with Gasteiger partial charge >= 0.3 is 0 Å². The molecule has 3 rings (SSSR count). The van der Waals surface area contributed by atoms with Gasteiger partial charge in [0.25, 0.3) is 0 Å². The summed E-state index contributed by atoms with van der Waals surface area (Å²) in [5.74, 6) is 1.78. The summed E-state index contributed by atoms with van der Waals surface area (Å²) in [5, 5.41) is 3.50. The van der Waals surface area contributed by atoms with E-state index < -0.39 is 0 Å². The van der Waals surface area contributed by atoms with Crippen LogP contribution in [-0.2, 0) is 12.8 Å². The largest absolute Gasteiger partial charge is 0.469 e. The zero-order valence-corrected chi connectivity index (χ0v) is 13.1. The lowest BCUT2D eigenvalue weighted by atomic mass is 9.78. The van der Waals surface area contributed by atoms with Crippen molar-refractivity contribution in [2.45, 2.75) is 51.0 Å². The highest BCUT2D eigenvalue weighted by molar-refractivity contribution is 5.33. The van der Waals surface area contributed by atoms with Crippen molar-refractivity contribution in [3.63, 3.8) is 0 Å². The summed E-state index contributed by atoms with van der Waals surface area (Å²) in [6.45, 7) is 2.16. The van der Waals surface area contributed by atoms with Crippen LogP contribution in [0.15, 0.2) is 41.0 Å². The standard InChI is InChI=1S/C19H25NO/c1-3-19-17(11-12-21-19)18(20-2)13-15-9-6-8-14-7-4-5-10-16(14)15/h4-5,7,10-12,15,18,20H,3,6,8-9,13H2,1-2H3. The molecule has 1 aliphatic rings. The van der Waals surface area contributed by atoms with Crippen LogP contribution in [0.25, 0.3) is 0 Å². The number of rotatable bonds is 5. The first-order chi connectivity index (χ1) is 10.3. The van der Waals surface area contributed by atoms with Crippen LogP contribution in [0.3, 0.4) is 0 Å². The van der Waals surface area contributed by atoms with Crippen molar-refractivity contribution in [2.75, 3.05) is 7.05 Å². The molecule has 1 aliphatic carbocycles. The first-order valence-electron chi connectivity index (χ1n) is 8.14. The molecule has 0 bridgehead atoms. The van der Waals surface area contributed by atoms with Crippen molar-refractivity contribution in [3.8, 4) is 0 Å². The monoisotopic (exact) mass is 283 g/mol. The fourth-order valence-electron chi connectivity index (χ4n) is 3.73. The molecule has 1 N–H and O–H groups in total. The second kappa shape index (κ2) is 6.48. The highest BCUT2D eigenvalue weighted by Crippen LogP contribution is 2.38.